The fraction of sp³-hybridized carbons (Fsp3) is 0.533. The summed E-state index contributed by atoms with van der Waals surface area (Å²) in [4.78, 5) is 11.8. The van der Waals surface area contributed by atoms with Crippen LogP contribution in [-0.2, 0) is 10.3 Å². The van der Waals surface area contributed by atoms with Crippen molar-refractivity contribution in [2.45, 2.75) is 31.4 Å². The molecular formula is C15H22N2O3. The zero-order valence-electron chi connectivity index (χ0n) is 11.8. The standard InChI is InChI=1S/C15H22N2O3/c1-15(19,12-5-3-2-4-6-12)11-16-14(18)17-13-7-9-20-10-8-13/h2-6,13,19H,7-11H2,1H3,(H2,16,17,18)/t15-/m1/s1. The van der Waals surface area contributed by atoms with Crippen molar-refractivity contribution in [3.8, 4) is 0 Å². The Morgan fingerprint density at radius 3 is 2.65 bits per heavy atom. The van der Waals surface area contributed by atoms with Gasteiger partial charge in [-0.2, -0.15) is 0 Å². The van der Waals surface area contributed by atoms with Gasteiger partial charge in [-0.05, 0) is 25.3 Å². The molecule has 1 aliphatic heterocycles. The van der Waals surface area contributed by atoms with Crippen LogP contribution in [0.1, 0.15) is 25.3 Å². The molecule has 0 unspecified atom stereocenters. The largest absolute Gasteiger partial charge is 0.384 e. The Labute approximate surface area is 119 Å². The highest BCUT2D eigenvalue weighted by Crippen LogP contribution is 2.18. The minimum absolute atomic E-state index is 0.158. The van der Waals surface area contributed by atoms with E-state index in [2.05, 4.69) is 10.6 Å². The highest BCUT2D eigenvalue weighted by molar-refractivity contribution is 5.74. The highest BCUT2D eigenvalue weighted by Gasteiger charge is 2.24. The molecule has 3 N–H and O–H groups in total. The second kappa shape index (κ2) is 6.72. The van der Waals surface area contributed by atoms with Crippen LogP contribution >= 0.6 is 0 Å². The van der Waals surface area contributed by atoms with Crippen molar-refractivity contribution in [2.75, 3.05) is 19.8 Å². The summed E-state index contributed by atoms with van der Waals surface area (Å²) >= 11 is 0. The van der Waals surface area contributed by atoms with Crippen LogP contribution in [0.3, 0.4) is 0 Å². The monoisotopic (exact) mass is 278 g/mol. The third-order valence-corrected chi connectivity index (χ3v) is 3.55. The predicted octanol–water partition coefficient (Wildman–Crippen LogP) is 1.37. The zero-order chi connectivity index (χ0) is 14.4. The van der Waals surface area contributed by atoms with Crippen LogP contribution in [0.25, 0.3) is 0 Å². The molecule has 0 spiro atoms. The van der Waals surface area contributed by atoms with E-state index in [4.69, 9.17) is 4.74 Å². The quantitative estimate of drug-likeness (QED) is 0.779. The smallest absolute Gasteiger partial charge is 0.315 e. The molecule has 2 rings (SSSR count). The number of benzene rings is 1. The number of rotatable bonds is 4. The Balaban J connectivity index is 1.80. The van der Waals surface area contributed by atoms with E-state index in [0.717, 1.165) is 18.4 Å². The van der Waals surface area contributed by atoms with Gasteiger partial charge in [-0.25, -0.2) is 4.79 Å². The molecule has 1 saturated heterocycles. The van der Waals surface area contributed by atoms with E-state index in [-0.39, 0.29) is 18.6 Å². The molecule has 1 heterocycles. The first-order valence-electron chi connectivity index (χ1n) is 6.98. The number of carbonyl (C=O) groups is 1. The molecular weight excluding hydrogens is 256 g/mol. The molecule has 0 radical (unpaired) electrons. The lowest BCUT2D eigenvalue weighted by molar-refractivity contribution is 0.0579. The lowest BCUT2D eigenvalue weighted by Crippen LogP contribution is -2.48. The molecule has 0 bridgehead atoms. The van der Waals surface area contributed by atoms with E-state index in [0.29, 0.717) is 13.2 Å². The van der Waals surface area contributed by atoms with Gasteiger partial charge in [-0.15, -0.1) is 0 Å². The van der Waals surface area contributed by atoms with E-state index < -0.39 is 5.60 Å². The molecule has 1 aromatic carbocycles. The van der Waals surface area contributed by atoms with Crippen molar-refractivity contribution in [3.05, 3.63) is 35.9 Å². The van der Waals surface area contributed by atoms with Gasteiger partial charge in [0.15, 0.2) is 0 Å². The highest BCUT2D eigenvalue weighted by atomic mass is 16.5. The predicted molar refractivity (Wildman–Crippen MR) is 76.4 cm³/mol. The molecule has 2 amide bonds. The zero-order valence-corrected chi connectivity index (χ0v) is 11.8. The summed E-state index contributed by atoms with van der Waals surface area (Å²) in [6.45, 7) is 3.24. The molecule has 110 valence electrons. The van der Waals surface area contributed by atoms with Crippen molar-refractivity contribution in [1.29, 1.82) is 0 Å². The van der Waals surface area contributed by atoms with Gasteiger partial charge < -0.3 is 20.5 Å². The lowest BCUT2D eigenvalue weighted by Gasteiger charge is -2.26. The number of hydrogen-bond acceptors (Lipinski definition) is 3. The fourth-order valence-corrected chi connectivity index (χ4v) is 2.23. The topological polar surface area (TPSA) is 70.6 Å². The van der Waals surface area contributed by atoms with Crippen molar-refractivity contribution < 1.29 is 14.6 Å². The minimum atomic E-state index is -1.08. The number of aliphatic hydroxyl groups is 1. The molecule has 1 atom stereocenters. The summed E-state index contributed by atoms with van der Waals surface area (Å²) in [6.07, 6.45) is 1.67. The maximum absolute atomic E-state index is 11.8. The summed E-state index contributed by atoms with van der Waals surface area (Å²) in [5.74, 6) is 0. The summed E-state index contributed by atoms with van der Waals surface area (Å²) in [6, 6.07) is 9.23. The van der Waals surface area contributed by atoms with Crippen molar-refractivity contribution >= 4 is 6.03 Å². The third kappa shape index (κ3) is 4.21. The van der Waals surface area contributed by atoms with Gasteiger partial charge in [-0.1, -0.05) is 30.3 Å². The molecule has 1 fully saturated rings. The van der Waals surface area contributed by atoms with Gasteiger partial charge in [0, 0.05) is 19.3 Å². The van der Waals surface area contributed by atoms with E-state index >= 15 is 0 Å². The van der Waals surface area contributed by atoms with E-state index in [1.165, 1.54) is 0 Å². The van der Waals surface area contributed by atoms with Crippen LogP contribution in [0.15, 0.2) is 30.3 Å². The van der Waals surface area contributed by atoms with Crippen LogP contribution in [0.2, 0.25) is 0 Å². The SMILES string of the molecule is C[C@@](O)(CNC(=O)NC1CCOCC1)c1ccccc1. The Hall–Kier alpha value is -1.59. The van der Waals surface area contributed by atoms with Gasteiger partial charge in [0.2, 0.25) is 0 Å². The number of nitrogens with one attached hydrogen (secondary N) is 2. The van der Waals surface area contributed by atoms with Crippen LogP contribution in [0, 0.1) is 0 Å². The Morgan fingerprint density at radius 1 is 1.35 bits per heavy atom. The first kappa shape index (κ1) is 14.8. The van der Waals surface area contributed by atoms with E-state index in [1.54, 1.807) is 6.92 Å². The average Bonchev–Trinajstić information content (AvgIpc) is 2.47. The Bertz CT molecular complexity index is 428. The lowest BCUT2D eigenvalue weighted by atomic mass is 9.96. The Kier molecular flexibility index (Phi) is 4.98. The second-order valence-electron chi connectivity index (χ2n) is 5.35. The number of ether oxygens (including phenoxy) is 1. The molecule has 0 aliphatic carbocycles. The molecule has 5 nitrogen and oxygen atoms in total. The summed E-state index contributed by atoms with van der Waals surface area (Å²) in [5.41, 5.74) is -0.291. The van der Waals surface area contributed by atoms with E-state index in [1.807, 2.05) is 30.3 Å². The van der Waals surface area contributed by atoms with Crippen molar-refractivity contribution in [3.63, 3.8) is 0 Å². The van der Waals surface area contributed by atoms with Crippen molar-refractivity contribution in [2.24, 2.45) is 0 Å². The third-order valence-electron chi connectivity index (χ3n) is 3.55. The van der Waals surface area contributed by atoms with Crippen LogP contribution < -0.4 is 10.6 Å². The second-order valence-corrected chi connectivity index (χ2v) is 5.35. The first-order chi connectivity index (χ1) is 9.58. The summed E-state index contributed by atoms with van der Waals surface area (Å²) in [7, 11) is 0. The minimum Gasteiger partial charge on any atom is -0.384 e. The van der Waals surface area contributed by atoms with Crippen LogP contribution in [-0.4, -0.2) is 36.9 Å². The molecule has 0 aromatic heterocycles. The first-order valence-corrected chi connectivity index (χ1v) is 6.98. The maximum atomic E-state index is 11.8. The summed E-state index contributed by atoms with van der Waals surface area (Å²) in [5, 5.41) is 16.0. The normalized spacial score (nSPS) is 19.1. The maximum Gasteiger partial charge on any atom is 0.315 e. The van der Waals surface area contributed by atoms with Crippen LogP contribution in [0.4, 0.5) is 4.79 Å². The van der Waals surface area contributed by atoms with Gasteiger partial charge in [0.25, 0.3) is 0 Å². The van der Waals surface area contributed by atoms with Crippen LogP contribution in [0.5, 0.6) is 0 Å². The van der Waals surface area contributed by atoms with Gasteiger partial charge in [0.1, 0.15) is 5.60 Å². The van der Waals surface area contributed by atoms with Crippen molar-refractivity contribution in [1.82, 2.24) is 10.6 Å². The van der Waals surface area contributed by atoms with Gasteiger partial charge in [-0.3, -0.25) is 0 Å². The number of amides is 2. The number of carbonyl (C=O) groups excluding carboxylic acids is 1. The molecule has 20 heavy (non-hydrogen) atoms. The van der Waals surface area contributed by atoms with Gasteiger partial charge >= 0.3 is 6.03 Å². The average molecular weight is 278 g/mol. The Morgan fingerprint density at radius 2 is 2.00 bits per heavy atom. The molecule has 5 heteroatoms. The molecule has 1 aromatic rings. The molecule has 1 aliphatic rings. The number of hydrogen-bond donors (Lipinski definition) is 3. The fourth-order valence-electron chi connectivity index (χ4n) is 2.23. The van der Waals surface area contributed by atoms with E-state index in [9.17, 15) is 9.90 Å². The number of urea groups is 1. The summed E-state index contributed by atoms with van der Waals surface area (Å²) < 4.78 is 5.24. The molecule has 0 saturated carbocycles. The van der Waals surface area contributed by atoms with Gasteiger partial charge in [0.05, 0.1) is 6.54 Å².